The first-order valence-corrected chi connectivity index (χ1v) is 9.68. The summed E-state index contributed by atoms with van der Waals surface area (Å²) in [7, 11) is 2.15. The summed E-state index contributed by atoms with van der Waals surface area (Å²) in [6.07, 6.45) is 1.80. The number of benzene rings is 2. The smallest absolute Gasteiger partial charge is 0.227 e. The molecule has 4 aromatic rings. The van der Waals surface area contributed by atoms with Crippen LogP contribution in [0.3, 0.4) is 0 Å². The van der Waals surface area contributed by atoms with E-state index in [1.165, 1.54) is 16.3 Å². The highest BCUT2D eigenvalue weighted by Crippen LogP contribution is 2.21. The molecule has 4 nitrogen and oxygen atoms in total. The van der Waals surface area contributed by atoms with Gasteiger partial charge in [0, 0.05) is 13.0 Å². The molecule has 0 aliphatic rings. The van der Waals surface area contributed by atoms with Gasteiger partial charge in [-0.1, -0.05) is 47.6 Å². The lowest BCUT2D eigenvalue weighted by molar-refractivity contribution is 0.310. The number of aromatic nitrogens is 2. The molecule has 2 aromatic carbocycles. The predicted molar refractivity (Wildman–Crippen MR) is 106 cm³/mol. The fourth-order valence-corrected chi connectivity index (χ4v) is 3.74. The van der Waals surface area contributed by atoms with Crippen LogP contribution in [0.2, 0.25) is 0 Å². The topological polar surface area (TPSA) is 42.2 Å². The average molecular weight is 363 g/mol. The van der Waals surface area contributed by atoms with Gasteiger partial charge in [-0.05, 0) is 53.9 Å². The van der Waals surface area contributed by atoms with E-state index in [-0.39, 0.29) is 0 Å². The summed E-state index contributed by atoms with van der Waals surface area (Å²) in [4.78, 5) is 7.87. The van der Waals surface area contributed by atoms with Crippen molar-refractivity contribution in [2.75, 3.05) is 13.6 Å². The third-order valence-electron chi connectivity index (χ3n) is 4.41. The van der Waals surface area contributed by atoms with E-state index in [1.54, 1.807) is 11.3 Å². The molecule has 0 aliphatic carbocycles. The first kappa shape index (κ1) is 16.9. The summed E-state index contributed by atoms with van der Waals surface area (Å²) < 4.78 is 5.36. The third kappa shape index (κ3) is 4.00. The highest BCUT2D eigenvalue weighted by atomic mass is 32.1. The largest absolute Gasteiger partial charge is 0.339 e. The molecule has 0 spiro atoms. The zero-order valence-electron chi connectivity index (χ0n) is 14.8. The van der Waals surface area contributed by atoms with Crippen LogP contribution in [0.15, 0.2) is 64.5 Å². The minimum atomic E-state index is 0.694. The van der Waals surface area contributed by atoms with Gasteiger partial charge >= 0.3 is 0 Å². The highest BCUT2D eigenvalue weighted by Gasteiger charge is 2.09. The van der Waals surface area contributed by atoms with Crippen molar-refractivity contribution in [1.82, 2.24) is 15.0 Å². The molecule has 0 aliphatic heterocycles. The second kappa shape index (κ2) is 7.81. The number of thiophene rings is 1. The molecule has 5 heteroatoms. The van der Waals surface area contributed by atoms with Gasteiger partial charge in [0.2, 0.25) is 11.7 Å². The Morgan fingerprint density at radius 1 is 1.04 bits per heavy atom. The minimum Gasteiger partial charge on any atom is -0.339 e. The quantitative estimate of drug-likeness (QED) is 0.462. The van der Waals surface area contributed by atoms with Crippen LogP contribution in [0, 0.1) is 0 Å². The van der Waals surface area contributed by atoms with Gasteiger partial charge < -0.3 is 9.42 Å². The molecule has 0 atom stereocenters. The number of hydrogen-bond donors (Lipinski definition) is 0. The van der Waals surface area contributed by atoms with Crippen molar-refractivity contribution in [3.8, 4) is 10.7 Å². The number of aryl methyl sites for hydroxylation is 1. The predicted octanol–water partition coefficient (Wildman–Crippen LogP) is 5.02. The van der Waals surface area contributed by atoms with Gasteiger partial charge in [0.1, 0.15) is 0 Å². The molecular formula is C21H21N3OS. The molecule has 0 amide bonds. The van der Waals surface area contributed by atoms with Crippen LogP contribution in [0.5, 0.6) is 0 Å². The Labute approximate surface area is 157 Å². The molecule has 132 valence electrons. The zero-order chi connectivity index (χ0) is 17.8. The van der Waals surface area contributed by atoms with Crippen LogP contribution in [0.1, 0.15) is 17.9 Å². The standard InChI is InChI=1S/C21H21N3OS/c1-24(15-16-10-11-17-6-2-3-7-18(17)14-16)12-4-9-20-22-21(23-25-20)19-8-5-13-26-19/h2-3,5-8,10-11,13-14H,4,9,12,15H2,1H3. The molecule has 26 heavy (non-hydrogen) atoms. The average Bonchev–Trinajstić information content (AvgIpc) is 3.33. The van der Waals surface area contributed by atoms with Crippen LogP contribution in [0.25, 0.3) is 21.5 Å². The molecule has 0 unspecified atom stereocenters. The third-order valence-corrected chi connectivity index (χ3v) is 5.27. The van der Waals surface area contributed by atoms with E-state index < -0.39 is 0 Å². The van der Waals surface area contributed by atoms with E-state index in [4.69, 9.17) is 4.52 Å². The minimum absolute atomic E-state index is 0.694. The zero-order valence-corrected chi connectivity index (χ0v) is 15.6. The second-order valence-corrected chi connectivity index (χ2v) is 7.46. The Hall–Kier alpha value is -2.50. The van der Waals surface area contributed by atoms with E-state index in [0.29, 0.717) is 11.7 Å². The molecule has 0 radical (unpaired) electrons. The van der Waals surface area contributed by atoms with Crippen molar-refractivity contribution in [2.45, 2.75) is 19.4 Å². The normalized spacial score (nSPS) is 11.5. The number of hydrogen-bond acceptors (Lipinski definition) is 5. The van der Waals surface area contributed by atoms with Crippen LogP contribution in [0.4, 0.5) is 0 Å². The Morgan fingerprint density at radius 2 is 1.92 bits per heavy atom. The van der Waals surface area contributed by atoms with Gasteiger partial charge in [-0.15, -0.1) is 11.3 Å². The maximum Gasteiger partial charge on any atom is 0.227 e. The van der Waals surface area contributed by atoms with E-state index >= 15 is 0 Å². The summed E-state index contributed by atoms with van der Waals surface area (Å²) in [5, 5.41) is 8.67. The lowest BCUT2D eigenvalue weighted by Gasteiger charge is -2.16. The van der Waals surface area contributed by atoms with Gasteiger partial charge in [-0.2, -0.15) is 4.98 Å². The van der Waals surface area contributed by atoms with Gasteiger partial charge in [-0.3, -0.25) is 0 Å². The summed E-state index contributed by atoms with van der Waals surface area (Å²) in [6.45, 7) is 1.93. The molecule has 0 fully saturated rings. The fraction of sp³-hybridized carbons (Fsp3) is 0.238. The van der Waals surface area contributed by atoms with Gasteiger partial charge in [-0.25, -0.2) is 0 Å². The number of fused-ring (bicyclic) bond motifs is 1. The molecule has 2 aromatic heterocycles. The molecular weight excluding hydrogens is 342 g/mol. The number of rotatable bonds is 7. The van der Waals surface area contributed by atoms with E-state index in [9.17, 15) is 0 Å². The first-order valence-electron chi connectivity index (χ1n) is 8.80. The van der Waals surface area contributed by atoms with Crippen molar-refractivity contribution in [1.29, 1.82) is 0 Å². The highest BCUT2D eigenvalue weighted by molar-refractivity contribution is 7.13. The lowest BCUT2D eigenvalue weighted by Crippen LogP contribution is -2.19. The molecule has 0 saturated heterocycles. The van der Waals surface area contributed by atoms with Crippen LogP contribution < -0.4 is 0 Å². The Morgan fingerprint density at radius 3 is 2.77 bits per heavy atom. The summed E-state index contributed by atoms with van der Waals surface area (Å²) in [6, 6.07) is 19.2. The SMILES string of the molecule is CN(CCCc1nc(-c2cccs2)no1)Cc1ccc2ccccc2c1. The second-order valence-electron chi connectivity index (χ2n) is 6.51. The van der Waals surface area contributed by atoms with Crippen molar-refractivity contribution >= 4 is 22.1 Å². The van der Waals surface area contributed by atoms with Crippen molar-refractivity contribution in [3.05, 3.63) is 71.4 Å². The monoisotopic (exact) mass is 363 g/mol. The van der Waals surface area contributed by atoms with E-state index in [0.717, 1.165) is 30.8 Å². The lowest BCUT2D eigenvalue weighted by atomic mass is 10.1. The summed E-state index contributed by atoms with van der Waals surface area (Å²) in [5.41, 5.74) is 1.34. The Balaban J connectivity index is 1.29. The molecule has 0 bridgehead atoms. The van der Waals surface area contributed by atoms with Crippen molar-refractivity contribution in [2.24, 2.45) is 0 Å². The van der Waals surface area contributed by atoms with Gasteiger partial charge in [0.05, 0.1) is 4.88 Å². The fourth-order valence-electron chi connectivity index (χ4n) is 3.09. The van der Waals surface area contributed by atoms with Gasteiger partial charge in [0.15, 0.2) is 0 Å². The van der Waals surface area contributed by atoms with Gasteiger partial charge in [0.25, 0.3) is 0 Å². The number of nitrogens with zero attached hydrogens (tertiary/aromatic N) is 3. The summed E-state index contributed by atoms with van der Waals surface area (Å²) >= 11 is 1.63. The molecule has 2 heterocycles. The van der Waals surface area contributed by atoms with Crippen molar-refractivity contribution in [3.63, 3.8) is 0 Å². The van der Waals surface area contributed by atoms with E-state index in [2.05, 4.69) is 64.6 Å². The molecule has 0 N–H and O–H groups in total. The van der Waals surface area contributed by atoms with Crippen LogP contribution in [-0.4, -0.2) is 28.6 Å². The Bertz CT molecular complexity index is 978. The van der Waals surface area contributed by atoms with Crippen LogP contribution >= 0.6 is 11.3 Å². The maximum atomic E-state index is 5.36. The van der Waals surface area contributed by atoms with Crippen LogP contribution in [-0.2, 0) is 13.0 Å². The van der Waals surface area contributed by atoms with Crippen molar-refractivity contribution < 1.29 is 4.52 Å². The molecule has 4 rings (SSSR count). The molecule has 0 saturated carbocycles. The maximum absolute atomic E-state index is 5.36. The Kier molecular flexibility index (Phi) is 5.09. The summed E-state index contributed by atoms with van der Waals surface area (Å²) in [5.74, 6) is 1.41. The first-order chi connectivity index (χ1) is 12.8. The van der Waals surface area contributed by atoms with E-state index in [1.807, 2.05) is 17.5 Å².